The van der Waals surface area contributed by atoms with Gasteiger partial charge in [0.05, 0.1) is 9.09 Å². The molecule has 0 saturated heterocycles. The van der Waals surface area contributed by atoms with Crippen LogP contribution in [0.25, 0.3) is 22.3 Å². The molecule has 3 rings (SSSR count). The monoisotopic (exact) mass is 349 g/mol. The molecule has 2 aromatic heterocycles. The number of H-pyrrole nitrogens is 1. The Bertz CT molecular complexity index is 782. The lowest BCUT2D eigenvalue weighted by molar-refractivity contribution is 1.11. The lowest BCUT2D eigenvalue weighted by Gasteiger charge is -2.02. The van der Waals surface area contributed by atoms with Gasteiger partial charge in [-0.3, -0.25) is 9.78 Å². The first-order valence-corrected chi connectivity index (χ1v) is 6.42. The van der Waals surface area contributed by atoms with Crippen LogP contribution in [0.15, 0.2) is 47.5 Å². The van der Waals surface area contributed by atoms with Crippen molar-refractivity contribution in [3.63, 3.8) is 0 Å². The molecule has 0 aliphatic rings. The molecular formula is C13H8IN3O. The number of fused-ring (bicyclic) bond motifs is 1. The molecule has 4 nitrogen and oxygen atoms in total. The highest BCUT2D eigenvalue weighted by Gasteiger charge is 2.04. The van der Waals surface area contributed by atoms with Crippen molar-refractivity contribution in [1.82, 2.24) is 15.0 Å². The van der Waals surface area contributed by atoms with E-state index < -0.39 is 0 Å². The predicted molar refractivity (Wildman–Crippen MR) is 78.3 cm³/mol. The zero-order chi connectivity index (χ0) is 12.5. The fourth-order valence-electron chi connectivity index (χ4n) is 1.75. The largest absolute Gasteiger partial charge is 0.306 e. The zero-order valence-corrected chi connectivity index (χ0v) is 11.4. The summed E-state index contributed by atoms with van der Waals surface area (Å²) in [4.78, 5) is 22.8. The molecule has 0 radical (unpaired) electrons. The predicted octanol–water partition coefficient (Wildman–Crippen LogP) is 2.59. The maximum Gasteiger partial charge on any atom is 0.264 e. The summed E-state index contributed by atoms with van der Waals surface area (Å²) in [6.07, 6.45) is 3.33. The topological polar surface area (TPSA) is 58.6 Å². The molecule has 3 aromatic rings. The van der Waals surface area contributed by atoms with Gasteiger partial charge in [-0.25, -0.2) is 4.98 Å². The molecule has 18 heavy (non-hydrogen) atoms. The third-order valence-electron chi connectivity index (χ3n) is 2.63. The minimum absolute atomic E-state index is 0.119. The number of halogens is 1. The standard InChI is InChI=1S/C13H8IN3O/c14-10-7-16-12(17-13(10)18)9-3-4-11-8(6-9)2-1-5-15-11/h1-7H,(H,16,17,18). The van der Waals surface area contributed by atoms with E-state index in [2.05, 4.69) is 15.0 Å². The van der Waals surface area contributed by atoms with Gasteiger partial charge in [-0.1, -0.05) is 6.07 Å². The third-order valence-corrected chi connectivity index (χ3v) is 3.40. The van der Waals surface area contributed by atoms with Crippen molar-refractivity contribution >= 4 is 33.5 Å². The van der Waals surface area contributed by atoms with Gasteiger partial charge in [0.2, 0.25) is 0 Å². The van der Waals surface area contributed by atoms with Crippen LogP contribution >= 0.6 is 22.6 Å². The summed E-state index contributed by atoms with van der Waals surface area (Å²) in [7, 11) is 0. The number of pyridine rings is 1. The van der Waals surface area contributed by atoms with Gasteiger partial charge < -0.3 is 4.98 Å². The highest BCUT2D eigenvalue weighted by atomic mass is 127. The van der Waals surface area contributed by atoms with Crippen molar-refractivity contribution in [1.29, 1.82) is 0 Å². The van der Waals surface area contributed by atoms with Crippen LogP contribution in [0, 0.1) is 3.57 Å². The smallest absolute Gasteiger partial charge is 0.264 e. The molecule has 88 valence electrons. The molecule has 5 heteroatoms. The quantitative estimate of drug-likeness (QED) is 0.687. The number of hydrogen-bond acceptors (Lipinski definition) is 3. The van der Waals surface area contributed by atoms with Gasteiger partial charge in [0.1, 0.15) is 5.82 Å². The summed E-state index contributed by atoms with van der Waals surface area (Å²) in [5.74, 6) is 0.575. The lowest BCUT2D eigenvalue weighted by Crippen LogP contribution is -2.11. The van der Waals surface area contributed by atoms with E-state index in [1.165, 1.54) is 0 Å². The van der Waals surface area contributed by atoms with Crippen LogP contribution < -0.4 is 5.56 Å². The Kier molecular flexibility index (Phi) is 2.83. The molecule has 0 amide bonds. The van der Waals surface area contributed by atoms with Crippen LogP contribution in [0.4, 0.5) is 0 Å². The molecule has 0 aliphatic carbocycles. The Balaban J connectivity index is 2.19. The maximum absolute atomic E-state index is 11.6. The molecule has 2 heterocycles. The second kappa shape index (κ2) is 4.49. The van der Waals surface area contributed by atoms with Crippen molar-refractivity contribution in [2.75, 3.05) is 0 Å². The fourth-order valence-corrected chi connectivity index (χ4v) is 2.02. The SMILES string of the molecule is O=c1[nH]c(-c2ccc3ncccc3c2)ncc1I. The van der Waals surface area contributed by atoms with Crippen LogP contribution in [0.5, 0.6) is 0 Å². The molecule has 0 atom stereocenters. The summed E-state index contributed by atoms with van der Waals surface area (Å²) >= 11 is 1.96. The van der Waals surface area contributed by atoms with Gasteiger partial charge in [-0.15, -0.1) is 0 Å². The molecular weight excluding hydrogens is 341 g/mol. The van der Waals surface area contributed by atoms with Crippen LogP contribution in [0.2, 0.25) is 0 Å². The van der Waals surface area contributed by atoms with Crippen molar-refractivity contribution in [2.45, 2.75) is 0 Å². The van der Waals surface area contributed by atoms with Crippen molar-refractivity contribution in [2.24, 2.45) is 0 Å². The molecule has 0 unspecified atom stereocenters. The number of nitrogens with one attached hydrogen (secondary N) is 1. The Morgan fingerprint density at radius 1 is 1.17 bits per heavy atom. The van der Waals surface area contributed by atoms with E-state index in [1.807, 2.05) is 52.9 Å². The summed E-state index contributed by atoms with van der Waals surface area (Å²) in [5, 5.41) is 1.02. The first-order valence-electron chi connectivity index (χ1n) is 5.34. The minimum Gasteiger partial charge on any atom is -0.306 e. The number of nitrogens with zero attached hydrogens (tertiary/aromatic N) is 2. The Hall–Kier alpha value is -1.76. The third kappa shape index (κ3) is 2.01. The van der Waals surface area contributed by atoms with Gasteiger partial charge in [-0.2, -0.15) is 0 Å². The number of benzene rings is 1. The Morgan fingerprint density at radius 3 is 2.89 bits per heavy atom. The van der Waals surface area contributed by atoms with E-state index in [4.69, 9.17) is 0 Å². The normalized spacial score (nSPS) is 10.7. The van der Waals surface area contributed by atoms with Gasteiger partial charge >= 0.3 is 0 Å². The molecule has 0 aliphatic heterocycles. The average Bonchev–Trinajstić information content (AvgIpc) is 2.41. The summed E-state index contributed by atoms with van der Waals surface area (Å²) in [6.45, 7) is 0. The maximum atomic E-state index is 11.6. The molecule has 0 fully saturated rings. The zero-order valence-electron chi connectivity index (χ0n) is 9.22. The van der Waals surface area contributed by atoms with E-state index in [-0.39, 0.29) is 5.56 Å². The number of hydrogen-bond donors (Lipinski definition) is 1. The first kappa shape index (κ1) is 11.3. The van der Waals surface area contributed by atoms with Gasteiger partial charge in [0, 0.05) is 23.3 Å². The Labute approximate surface area is 116 Å². The van der Waals surface area contributed by atoms with Crippen LogP contribution in [0.1, 0.15) is 0 Å². The van der Waals surface area contributed by atoms with Crippen molar-refractivity contribution in [3.05, 3.63) is 56.6 Å². The fraction of sp³-hybridized carbons (Fsp3) is 0. The summed E-state index contributed by atoms with van der Waals surface area (Å²) in [5.41, 5.74) is 1.69. The van der Waals surface area contributed by atoms with Gasteiger partial charge in [-0.05, 0) is 46.9 Å². The number of aromatic amines is 1. The second-order valence-electron chi connectivity index (χ2n) is 3.82. The Morgan fingerprint density at radius 2 is 2.06 bits per heavy atom. The van der Waals surface area contributed by atoms with Crippen LogP contribution in [-0.2, 0) is 0 Å². The molecule has 0 saturated carbocycles. The van der Waals surface area contributed by atoms with Crippen LogP contribution in [-0.4, -0.2) is 15.0 Å². The van der Waals surface area contributed by atoms with Crippen molar-refractivity contribution in [3.8, 4) is 11.4 Å². The molecule has 1 aromatic carbocycles. The van der Waals surface area contributed by atoms with E-state index in [0.29, 0.717) is 9.39 Å². The molecule has 0 spiro atoms. The van der Waals surface area contributed by atoms with E-state index in [0.717, 1.165) is 16.5 Å². The number of rotatable bonds is 1. The highest BCUT2D eigenvalue weighted by Crippen LogP contribution is 2.19. The van der Waals surface area contributed by atoms with Gasteiger partial charge in [0.15, 0.2) is 0 Å². The first-order chi connectivity index (χ1) is 8.74. The molecule has 1 N–H and O–H groups in total. The highest BCUT2D eigenvalue weighted by molar-refractivity contribution is 14.1. The van der Waals surface area contributed by atoms with Crippen LogP contribution in [0.3, 0.4) is 0 Å². The van der Waals surface area contributed by atoms with Gasteiger partial charge in [0.25, 0.3) is 5.56 Å². The van der Waals surface area contributed by atoms with Crippen molar-refractivity contribution < 1.29 is 0 Å². The number of aromatic nitrogens is 3. The molecule has 0 bridgehead atoms. The summed E-state index contributed by atoms with van der Waals surface area (Å²) in [6, 6.07) is 9.66. The second-order valence-corrected chi connectivity index (χ2v) is 4.98. The van der Waals surface area contributed by atoms with E-state index >= 15 is 0 Å². The average molecular weight is 349 g/mol. The minimum atomic E-state index is -0.119. The summed E-state index contributed by atoms with van der Waals surface area (Å²) < 4.78 is 0.582. The van der Waals surface area contributed by atoms with E-state index in [9.17, 15) is 4.79 Å². The lowest BCUT2D eigenvalue weighted by atomic mass is 10.1. The van der Waals surface area contributed by atoms with E-state index in [1.54, 1.807) is 12.4 Å².